The maximum Gasteiger partial charge on any atom is 0.573 e. The molecule has 0 spiro atoms. The van der Waals surface area contributed by atoms with Crippen molar-refractivity contribution in [3.05, 3.63) is 48.5 Å². The van der Waals surface area contributed by atoms with Gasteiger partial charge in [0.05, 0.1) is 40.8 Å². The number of phosphoric ester groups is 1. The van der Waals surface area contributed by atoms with Crippen LogP contribution in [0.5, 0.6) is 23.0 Å². The van der Waals surface area contributed by atoms with Gasteiger partial charge < -0.3 is 34.2 Å². The van der Waals surface area contributed by atoms with Crippen molar-refractivity contribution in [1.82, 2.24) is 0 Å². The van der Waals surface area contributed by atoms with E-state index in [0.717, 1.165) is 12.1 Å². The molecule has 0 aliphatic rings. The smallest absolute Gasteiger partial charge is 0.573 e. The van der Waals surface area contributed by atoms with Crippen molar-refractivity contribution in [1.29, 1.82) is 0 Å². The van der Waals surface area contributed by atoms with Crippen molar-refractivity contribution in [3.8, 4) is 23.0 Å². The topological polar surface area (TPSA) is 151 Å². The average molecular weight is 583 g/mol. The van der Waals surface area contributed by atoms with E-state index in [-0.39, 0.29) is 24.4 Å². The number of phosphoric acid groups is 1. The zero-order valence-corrected chi connectivity index (χ0v) is 22.6. The Morgan fingerprint density at radius 1 is 0.923 bits per heavy atom. The second-order valence-electron chi connectivity index (χ2n) is 9.25. The molecule has 0 radical (unpaired) electrons. The van der Waals surface area contributed by atoms with E-state index in [0.29, 0.717) is 41.2 Å². The van der Waals surface area contributed by atoms with Gasteiger partial charge in [-0.2, -0.15) is 0 Å². The zero-order chi connectivity index (χ0) is 28.4. The number of aliphatic carboxylic acids is 1. The number of carboxylic acid groups (broad SMARTS) is 1. The molecule has 11 nitrogen and oxygen atoms in total. The summed E-state index contributed by atoms with van der Waals surface area (Å²) in [6.45, 7) is 0.423. The number of nitrogens with zero attached hydrogens (tertiary/aromatic N) is 1. The van der Waals surface area contributed by atoms with Crippen molar-refractivity contribution in [2.75, 3.05) is 40.9 Å². The molecule has 2 rings (SSSR count). The molecule has 0 fully saturated rings. The molecule has 0 heterocycles. The Morgan fingerprint density at radius 2 is 1.41 bits per heavy atom. The molecule has 0 amide bonds. The summed E-state index contributed by atoms with van der Waals surface area (Å²) in [5.74, 6) is -0.185. The van der Waals surface area contributed by atoms with Gasteiger partial charge in [0.1, 0.15) is 35.6 Å². The predicted octanol–water partition coefficient (Wildman–Crippen LogP) is 5.04. The van der Waals surface area contributed by atoms with Gasteiger partial charge in [0.25, 0.3) is 0 Å². The number of benzene rings is 2. The fraction of sp³-hybridized carbons (Fsp3) is 0.458. The van der Waals surface area contributed by atoms with Crippen LogP contribution < -0.4 is 14.2 Å². The maximum atomic E-state index is 12.2. The third-order valence-corrected chi connectivity index (χ3v) is 5.69. The van der Waals surface area contributed by atoms with Gasteiger partial charge in [0, 0.05) is 0 Å². The van der Waals surface area contributed by atoms with Gasteiger partial charge in [0.2, 0.25) is 0 Å². The third kappa shape index (κ3) is 15.3. The molecule has 2 aromatic carbocycles. The number of carboxylic acids is 1. The fourth-order valence-corrected chi connectivity index (χ4v) is 4.12. The van der Waals surface area contributed by atoms with Gasteiger partial charge in [-0.05, 0) is 61.4 Å². The first-order valence-electron chi connectivity index (χ1n) is 11.5. The van der Waals surface area contributed by atoms with Crippen LogP contribution in [0.25, 0.3) is 0 Å². The van der Waals surface area contributed by atoms with Crippen LogP contribution in [0.1, 0.15) is 19.3 Å². The monoisotopic (exact) mass is 583 g/mol. The second-order valence-corrected chi connectivity index (χ2v) is 10.7. The number of quaternary nitrogens is 1. The van der Waals surface area contributed by atoms with Crippen molar-refractivity contribution < 1.29 is 65.7 Å². The van der Waals surface area contributed by atoms with Gasteiger partial charge in [-0.1, -0.05) is 0 Å². The normalized spacial score (nSPS) is 14.0. The highest BCUT2D eigenvalue weighted by atomic mass is 31.2. The Bertz CT molecular complexity index is 1060. The van der Waals surface area contributed by atoms with Crippen LogP contribution in [0, 0.1) is 0 Å². The molecule has 0 aliphatic carbocycles. The summed E-state index contributed by atoms with van der Waals surface area (Å²) in [6.07, 6.45) is -5.28. The summed E-state index contributed by atoms with van der Waals surface area (Å²) in [5, 5.41) is 9.01. The van der Waals surface area contributed by atoms with Crippen LogP contribution in [0.2, 0.25) is 0 Å². The predicted molar refractivity (Wildman–Crippen MR) is 132 cm³/mol. The van der Waals surface area contributed by atoms with E-state index in [9.17, 15) is 27.4 Å². The molecule has 0 aliphatic heterocycles. The molecular weight excluding hydrogens is 550 g/mol. The van der Waals surface area contributed by atoms with Gasteiger partial charge in [-0.25, -0.2) is 4.57 Å². The largest absolute Gasteiger partial charge is 0.870 e. The number of unbranched alkanes of at least 4 members (excludes halogenated alkanes) is 1. The van der Waals surface area contributed by atoms with Crippen LogP contribution in [0.3, 0.4) is 0 Å². The van der Waals surface area contributed by atoms with Crippen molar-refractivity contribution in [2.24, 2.45) is 0 Å². The first-order chi connectivity index (χ1) is 17.6. The first kappa shape index (κ1) is 34.2. The Kier molecular flexibility index (Phi) is 13.2. The minimum atomic E-state index is -4.77. The molecule has 39 heavy (non-hydrogen) atoms. The van der Waals surface area contributed by atoms with Crippen LogP contribution in [0.15, 0.2) is 48.5 Å². The SMILES string of the molecule is C[N+](C)(C)C[C@@H](CC(=O)O)OP(=O)(O)OCCCCOc1ccc(Oc2ccc(OC(F)(F)F)cc2)cc1.[OH-]. The third-order valence-electron chi connectivity index (χ3n) is 4.61. The minimum Gasteiger partial charge on any atom is -0.870 e. The van der Waals surface area contributed by atoms with Gasteiger partial charge in [-0.15, -0.1) is 13.2 Å². The maximum absolute atomic E-state index is 12.2. The zero-order valence-electron chi connectivity index (χ0n) is 21.7. The molecular formula is C24H33F3NO10P. The molecule has 0 saturated carbocycles. The van der Waals surface area contributed by atoms with Crippen LogP contribution >= 0.6 is 7.82 Å². The number of rotatable bonds is 16. The standard InChI is InChI=1S/C24H31F3NO9P.H2O/c1-28(2,3)17-22(16-23(29)30)37-38(31,32)34-15-5-4-14-33-18-6-8-19(9-7-18)35-20-10-12-21(13-11-20)36-24(25,26)27;/h6-13,22H,4-5,14-17H2,1-3H3,(H-,29,30,31,32);1H2/t22-;/m1./s1. The molecule has 220 valence electrons. The Labute approximate surface area is 224 Å². The highest BCUT2D eigenvalue weighted by molar-refractivity contribution is 7.47. The number of hydrogen-bond donors (Lipinski definition) is 2. The van der Waals surface area contributed by atoms with Crippen LogP contribution in [0.4, 0.5) is 13.2 Å². The number of ether oxygens (including phenoxy) is 3. The summed E-state index contributed by atoms with van der Waals surface area (Å²) in [5.41, 5.74) is 0. The average Bonchev–Trinajstić information content (AvgIpc) is 2.75. The van der Waals surface area contributed by atoms with E-state index < -0.39 is 32.7 Å². The molecule has 0 saturated heterocycles. The first-order valence-corrected chi connectivity index (χ1v) is 13.0. The van der Waals surface area contributed by atoms with E-state index in [1.807, 2.05) is 0 Å². The summed E-state index contributed by atoms with van der Waals surface area (Å²) in [7, 11) is 0.990. The van der Waals surface area contributed by atoms with E-state index in [1.54, 1.807) is 45.4 Å². The molecule has 2 aromatic rings. The van der Waals surface area contributed by atoms with Crippen molar-refractivity contribution >= 4 is 13.8 Å². The quantitative estimate of drug-likeness (QED) is 0.156. The lowest BCUT2D eigenvalue weighted by molar-refractivity contribution is -0.873. The Balaban J connectivity index is 0.00000760. The van der Waals surface area contributed by atoms with E-state index in [4.69, 9.17) is 23.6 Å². The molecule has 0 bridgehead atoms. The minimum absolute atomic E-state index is 0. The van der Waals surface area contributed by atoms with E-state index in [1.165, 1.54) is 12.1 Å². The number of hydrogen-bond acceptors (Lipinski definition) is 8. The molecule has 2 atom stereocenters. The van der Waals surface area contributed by atoms with E-state index >= 15 is 0 Å². The number of halogens is 3. The van der Waals surface area contributed by atoms with E-state index in [2.05, 4.69) is 4.74 Å². The Morgan fingerprint density at radius 3 is 1.90 bits per heavy atom. The van der Waals surface area contributed by atoms with Gasteiger partial charge in [0.15, 0.2) is 0 Å². The Hall–Kier alpha value is -2.87. The van der Waals surface area contributed by atoms with Crippen molar-refractivity contribution in [3.63, 3.8) is 0 Å². The number of likely N-dealkylation sites (N-methyl/N-ethyl adjacent to an activating group) is 1. The fourth-order valence-electron chi connectivity index (χ4n) is 3.18. The van der Waals surface area contributed by atoms with Gasteiger partial charge in [-0.3, -0.25) is 13.8 Å². The lowest BCUT2D eigenvalue weighted by Crippen LogP contribution is -2.42. The number of carbonyl (C=O) groups is 1. The summed E-state index contributed by atoms with van der Waals surface area (Å²) < 4.78 is 74.3. The van der Waals surface area contributed by atoms with Gasteiger partial charge >= 0.3 is 20.2 Å². The molecule has 1 unspecified atom stereocenters. The molecule has 15 heteroatoms. The highest BCUT2D eigenvalue weighted by Gasteiger charge is 2.32. The lowest BCUT2D eigenvalue weighted by Gasteiger charge is -2.29. The van der Waals surface area contributed by atoms with Crippen molar-refractivity contribution in [2.45, 2.75) is 31.7 Å². The summed E-state index contributed by atoms with van der Waals surface area (Å²) in [6, 6.07) is 11.5. The summed E-state index contributed by atoms with van der Waals surface area (Å²) >= 11 is 0. The van der Waals surface area contributed by atoms with Crippen LogP contribution in [-0.2, 0) is 18.4 Å². The summed E-state index contributed by atoms with van der Waals surface area (Å²) in [4.78, 5) is 21.0. The number of alkyl halides is 3. The second kappa shape index (κ2) is 15.1. The van der Waals surface area contributed by atoms with Crippen LogP contribution in [-0.4, -0.2) is 79.3 Å². The molecule has 0 aromatic heterocycles. The highest BCUT2D eigenvalue weighted by Crippen LogP contribution is 2.45. The lowest BCUT2D eigenvalue weighted by atomic mass is 10.2. The molecule has 3 N–H and O–H groups in total.